The van der Waals surface area contributed by atoms with Crippen molar-refractivity contribution in [2.75, 3.05) is 11.4 Å². The molecule has 0 atom stereocenters. The standard InChI is InChI=1S/C18H23BN4O4/c1-17(2)18(3,4)27-19(26-17)12-8-11-10-20-22(5)15(11)13(9-12)23-7-6-14(24)21-16(23)25/h8-10H,6-7H2,1-5H3,(H,21,24,25). The first-order valence-corrected chi connectivity index (χ1v) is 9.02. The molecule has 0 radical (unpaired) electrons. The Morgan fingerprint density at radius 2 is 1.81 bits per heavy atom. The number of imide groups is 1. The lowest BCUT2D eigenvalue weighted by Crippen LogP contribution is -2.50. The first-order chi connectivity index (χ1) is 12.6. The Balaban J connectivity index is 1.81. The Bertz CT molecular complexity index is 936. The second kappa shape index (κ2) is 5.80. The zero-order valence-electron chi connectivity index (χ0n) is 16.2. The van der Waals surface area contributed by atoms with E-state index < -0.39 is 24.4 Å². The maximum absolute atomic E-state index is 12.4. The minimum Gasteiger partial charge on any atom is -0.399 e. The molecule has 0 saturated carbocycles. The van der Waals surface area contributed by atoms with Crippen LogP contribution in [0.15, 0.2) is 18.3 Å². The number of carbonyl (C=O) groups excluding carboxylic acids is 2. The van der Waals surface area contributed by atoms with Gasteiger partial charge in [-0.15, -0.1) is 0 Å². The van der Waals surface area contributed by atoms with Crippen LogP contribution in [0.4, 0.5) is 10.5 Å². The molecule has 2 aromatic rings. The summed E-state index contributed by atoms with van der Waals surface area (Å²) < 4.78 is 14.1. The van der Waals surface area contributed by atoms with Crippen molar-refractivity contribution >= 4 is 41.1 Å². The molecule has 2 fully saturated rings. The van der Waals surface area contributed by atoms with E-state index in [-0.39, 0.29) is 12.3 Å². The van der Waals surface area contributed by atoms with Gasteiger partial charge in [-0.3, -0.25) is 19.7 Å². The van der Waals surface area contributed by atoms with Crippen LogP contribution in [-0.4, -0.2) is 46.6 Å². The van der Waals surface area contributed by atoms with Crippen molar-refractivity contribution in [2.24, 2.45) is 7.05 Å². The minimum absolute atomic E-state index is 0.256. The van der Waals surface area contributed by atoms with Crippen molar-refractivity contribution in [1.82, 2.24) is 15.1 Å². The number of nitrogens with zero attached hydrogens (tertiary/aromatic N) is 3. The summed E-state index contributed by atoms with van der Waals surface area (Å²) >= 11 is 0. The van der Waals surface area contributed by atoms with Crippen LogP contribution in [0.1, 0.15) is 34.1 Å². The highest BCUT2D eigenvalue weighted by atomic mass is 16.7. The van der Waals surface area contributed by atoms with Crippen molar-refractivity contribution in [3.63, 3.8) is 0 Å². The van der Waals surface area contributed by atoms with Gasteiger partial charge in [-0.25, -0.2) is 4.79 Å². The number of nitrogens with one attached hydrogen (secondary N) is 1. The number of hydrogen-bond acceptors (Lipinski definition) is 5. The van der Waals surface area contributed by atoms with E-state index in [1.807, 2.05) is 46.9 Å². The molecule has 27 heavy (non-hydrogen) atoms. The van der Waals surface area contributed by atoms with Crippen LogP contribution < -0.4 is 15.7 Å². The lowest BCUT2D eigenvalue weighted by Gasteiger charge is -2.32. The van der Waals surface area contributed by atoms with Crippen LogP contribution >= 0.6 is 0 Å². The molecular weight excluding hydrogens is 347 g/mol. The van der Waals surface area contributed by atoms with Crippen molar-refractivity contribution in [3.05, 3.63) is 18.3 Å². The monoisotopic (exact) mass is 370 g/mol. The third-order valence-corrected chi connectivity index (χ3v) is 5.71. The lowest BCUT2D eigenvalue weighted by atomic mass is 9.78. The van der Waals surface area contributed by atoms with Gasteiger partial charge in [0.1, 0.15) is 0 Å². The number of anilines is 1. The van der Waals surface area contributed by atoms with Gasteiger partial charge in [0.25, 0.3) is 0 Å². The molecule has 1 aromatic heterocycles. The molecule has 0 unspecified atom stereocenters. The van der Waals surface area contributed by atoms with Gasteiger partial charge >= 0.3 is 13.1 Å². The zero-order chi connectivity index (χ0) is 19.6. The summed E-state index contributed by atoms with van der Waals surface area (Å²) in [6.07, 6.45) is 2.01. The predicted octanol–water partition coefficient (Wildman–Crippen LogP) is 1.32. The van der Waals surface area contributed by atoms with Gasteiger partial charge < -0.3 is 9.31 Å². The van der Waals surface area contributed by atoms with E-state index in [1.54, 1.807) is 15.8 Å². The van der Waals surface area contributed by atoms with Gasteiger partial charge in [0.2, 0.25) is 5.91 Å². The third-order valence-electron chi connectivity index (χ3n) is 5.71. The Kier molecular flexibility index (Phi) is 3.87. The van der Waals surface area contributed by atoms with E-state index >= 15 is 0 Å². The van der Waals surface area contributed by atoms with Gasteiger partial charge in [0.05, 0.1) is 28.6 Å². The van der Waals surface area contributed by atoms with Crippen LogP contribution in [0.5, 0.6) is 0 Å². The number of fused-ring (bicyclic) bond motifs is 1. The summed E-state index contributed by atoms with van der Waals surface area (Å²) in [6.45, 7) is 8.32. The maximum Gasteiger partial charge on any atom is 0.494 e. The van der Waals surface area contributed by atoms with Crippen LogP contribution in [0.3, 0.4) is 0 Å². The fourth-order valence-corrected chi connectivity index (χ4v) is 3.44. The van der Waals surface area contributed by atoms with Crippen LogP contribution in [0.2, 0.25) is 0 Å². The highest BCUT2D eigenvalue weighted by Gasteiger charge is 2.52. The van der Waals surface area contributed by atoms with E-state index in [2.05, 4.69) is 10.4 Å². The Labute approximate surface area is 157 Å². The molecule has 3 heterocycles. The summed E-state index contributed by atoms with van der Waals surface area (Å²) in [7, 11) is 1.28. The summed E-state index contributed by atoms with van der Waals surface area (Å²) in [4.78, 5) is 25.5. The average molecular weight is 370 g/mol. The first-order valence-electron chi connectivity index (χ1n) is 9.02. The lowest BCUT2D eigenvalue weighted by molar-refractivity contribution is -0.120. The largest absolute Gasteiger partial charge is 0.494 e. The molecule has 2 aliphatic heterocycles. The molecule has 8 nitrogen and oxygen atoms in total. The summed E-state index contributed by atoms with van der Waals surface area (Å²) in [5.41, 5.74) is 1.39. The smallest absolute Gasteiger partial charge is 0.399 e. The summed E-state index contributed by atoms with van der Waals surface area (Å²) in [5, 5.41) is 7.58. The van der Waals surface area contributed by atoms with Crippen molar-refractivity contribution in [1.29, 1.82) is 0 Å². The normalized spacial score (nSPS) is 21.8. The van der Waals surface area contributed by atoms with E-state index in [1.165, 1.54) is 0 Å². The Morgan fingerprint density at radius 3 is 2.44 bits per heavy atom. The molecule has 2 aliphatic rings. The van der Waals surface area contributed by atoms with Gasteiger partial charge in [0, 0.05) is 25.4 Å². The molecule has 2 saturated heterocycles. The van der Waals surface area contributed by atoms with E-state index in [0.29, 0.717) is 12.2 Å². The van der Waals surface area contributed by atoms with E-state index in [4.69, 9.17) is 9.31 Å². The van der Waals surface area contributed by atoms with Gasteiger partial charge in [-0.05, 0) is 39.2 Å². The molecule has 1 N–H and O–H groups in total. The molecule has 0 aliphatic carbocycles. The third kappa shape index (κ3) is 2.81. The van der Waals surface area contributed by atoms with Crippen LogP contribution in [0, 0.1) is 0 Å². The molecule has 142 valence electrons. The number of amides is 3. The molecule has 4 rings (SSSR count). The number of rotatable bonds is 2. The highest BCUT2D eigenvalue weighted by molar-refractivity contribution is 6.62. The maximum atomic E-state index is 12.4. The first kappa shape index (κ1) is 18.0. The number of hydrogen-bond donors (Lipinski definition) is 1. The number of benzene rings is 1. The Morgan fingerprint density at radius 1 is 1.15 bits per heavy atom. The fraction of sp³-hybridized carbons (Fsp3) is 0.500. The number of aryl methyl sites for hydroxylation is 1. The molecule has 0 spiro atoms. The van der Waals surface area contributed by atoms with Crippen molar-refractivity contribution in [3.8, 4) is 0 Å². The summed E-state index contributed by atoms with van der Waals surface area (Å²) in [5.74, 6) is -0.264. The highest BCUT2D eigenvalue weighted by Crippen LogP contribution is 2.37. The summed E-state index contributed by atoms with van der Waals surface area (Å²) in [6, 6.07) is 3.43. The molecule has 1 aromatic carbocycles. The predicted molar refractivity (Wildman–Crippen MR) is 102 cm³/mol. The second-order valence-corrected chi connectivity index (χ2v) is 8.09. The zero-order valence-corrected chi connectivity index (χ0v) is 16.2. The molecule has 9 heteroatoms. The SMILES string of the molecule is Cn1ncc2cc(B3OC(C)(C)C(C)(C)O3)cc(N3CCC(=O)NC3=O)c21. The minimum atomic E-state index is -0.548. The quantitative estimate of drug-likeness (QED) is 0.806. The van der Waals surface area contributed by atoms with Crippen molar-refractivity contribution in [2.45, 2.75) is 45.3 Å². The molecule has 0 bridgehead atoms. The van der Waals surface area contributed by atoms with Crippen LogP contribution in [0.25, 0.3) is 10.9 Å². The van der Waals surface area contributed by atoms with Crippen LogP contribution in [-0.2, 0) is 21.2 Å². The van der Waals surface area contributed by atoms with Gasteiger partial charge in [-0.1, -0.05) is 6.07 Å². The number of aromatic nitrogens is 2. The molecular formula is C18H23BN4O4. The van der Waals surface area contributed by atoms with Gasteiger partial charge in [0.15, 0.2) is 0 Å². The average Bonchev–Trinajstić information content (AvgIpc) is 3.04. The van der Waals surface area contributed by atoms with Crippen molar-refractivity contribution < 1.29 is 18.9 Å². The number of carbonyl (C=O) groups is 2. The van der Waals surface area contributed by atoms with E-state index in [0.717, 1.165) is 16.4 Å². The van der Waals surface area contributed by atoms with E-state index in [9.17, 15) is 9.59 Å². The molecule has 3 amide bonds. The second-order valence-electron chi connectivity index (χ2n) is 8.09. The Hall–Kier alpha value is -2.39. The fourth-order valence-electron chi connectivity index (χ4n) is 3.44. The number of urea groups is 1. The van der Waals surface area contributed by atoms with Gasteiger partial charge in [-0.2, -0.15) is 5.10 Å². The topological polar surface area (TPSA) is 85.7 Å².